The summed E-state index contributed by atoms with van der Waals surface area (Å²) in [4.78, 5) is 25.8. The van der Waals surface area contributed by atoms with E-state index in [1.54, 1.807) is 0 Å². The quantitative estimate of drug-likeness (QED) is 0.209. The fourth-order valence-electron chi connectivity index (χ4n) is 4.77. The second-order valence-corrected chi connectivity index (χ2v) is 9.42. The number of aliphatic carboxylic acids is 1. The van der Waals surface area contributed by atoms with E-state index in [9.17, 15) is 9.59 Å². The summed E-state index contributed by atoms with van der Waals surface area (Å²) in [6.07, 6.45) is 2.54. The summed E-state index contributed by atoms with van der Waals surface area (Å²) < 4.78 is 0. The van der Waals surface area contributed by atoms with Gasteiger partial charge in [0.05, 0.1) is 5.54 Å². The molecule has 0 saturated carbocycles. The first-order valence-corrected chi connectivity index (χ1v) is 12.1. The van der Waals surface area contributed by atoms with Crippen molar-refractivity contribution in [3.8, 4) is 0 Å². The molecular formula is C21H42N8O3. The molecule has 11 heteroatoms. The molecule has 0 aromatic carbocycles. The number of hydrogen-bond acceptors (Lipinski definition) is 9. The lowest BCUT2D eigenvalue weighted by Crippen LogP contribution is -2.61. The molecule has 3 heterocycles. The maximum atomic E-state index is 13.0. The van der Waals surface area contributed by atoms with E-state index in [1.165, 1.54) is 0 Å². The molecule has 0 radical (unpaired) electrons. The number of carboxylic acid groups (broad SMARTS) is 1. The Balaban J connectivity index is 1.72. The number of carbonyl (C=O) groups is 2. The minimum absolute atomic E-state index is 0.0198. The van der Waals surface area contributed by atoms with Gasteiger partial charge in [0.2, 0.25) is 5.91 Å². The predicted molar refractivity (Wildman–Crippen MR) is 123 cm³/mol. The molecule has 1 unspecified atom stereocenters. The van der Waals surface area contributed by atoms with E-state index >= 15 is 0 Å². The zero-order valence-electron chi connectivity index (χ0n) is 19.2. The number of nitrogens with one attached hydrogen (secondary N) is 6. The standard InChI is InChI=1S/C21H42N8O3/c22-20-12-23-6-2-8-25-15-21(16-26-9-3-7-24-13-20)19(28-11-10-27-14-20)29(21)17(30)4-1-5-18(31)32/h19,23-28H,1-16,22H2,(H,31,32)/t19?,20-,21+,29?. The van der Waals surface area contributed by atoms with Gasteiger partial charge in [-0.1, -0.05) is 0 Å². The van der Waals surface area contributed by atoms with Crippen molar-refractivity contribution in [2.24, 2.45) is 5.73 Å². The van der Waals surface area contributed by atoms with Crippen molar-refractivity contribution in [1.29, 1.82) is 0 Å². The number of carbonyl (C=O) groups excluding carboxylic acids is 1. The Hall–Kier alpha value is -1.34. The van der Waals surface area contributed by atoms with Crippen LogP contribution in [0.25, 0.3) is 0 Å². The van der Waals surface area contributed by atoms with Gasteiger partial charge in [-0.3, -0.25) is 14.9 Å². The molecule has 1 amide bonds. The summed E-state index contributed by atoms with van der Waals surface area (Å²) in [5, 5.41) is 30.1. The Labute approximate surface area is 191 Å². The monoisotopic (exact) mass is 454 g/mol. The lowest BCUT2D eigenvalue weighted by Gasteiger charge is -2.31. The molecule has 3 aliphatic heterocycles. The van der Waals surface area contributed by atoms with Crippen LogP contribution in [-0.4, -0.2) is 111 Å². The van der Waals surface area contributed by atoms with E-state index in [0.29, 0.717) is 26.1 Å². The SMILES string of the molecule is N[C@]12CNCCCNC[C@]3(CNCCCNC1)C(NCCNC2)N3C(=O)CCCC(=O)O. The molecule has 1 atom stereocenters. The van der Waals surface area contributed by atoms with Crippen LogP contribution in [0.2, 0.25) is 0 Å². The number of nitrogens with two attached hydrogens (primary N) is 1. The highest BCUT2D eigenvalue weighted by atomic mass is 16.4. The van der Waals surface area contributed by atoms with Crippen LogP contribution < -0.4 is 37.6 Å². The minimum atomic E-state index is -0.861. The molecule has 3 aliphatic rings. The Bertz CT molecular complexity index is 602. The van der Waals surface area contributed by atoms with Crippen LogP contribution in [0.1, 0.15) is 32.1 Å². The number of rotatable bonds is 4. The molecule has 32 heavy (non-hydrogen) atoms. The van der Waals surface area contributed by atoms with Crippen LogP contribution >= 0.6 is 0 Å². The van der Waals surface area contributed by atoms with Crippen molar-refractivity contribution in [3.63, 3.8) is 0 Å². The molecular weight excluding hydrogens is 412 g/mol. The summed E-state index contributed by atoms with van der Waals surface area (Å²) in [5.41, 5.74) is 5.99. The molecule has 0 aliphatic carbocycles. The van der Waals surface area contributed by atoms with Crippen LogP contribution in [0.4, 0.5) is 0 Å². The van der Waals surface area contributed by atoms with Crippen molar-refractivity contribution in [2.75, 3.05) is 72.0 Å². The summed E-state index contributed by atoms with van der Waals surface area (Å²) in [7, 11) is 0. The number of fused-ring (bicyclic) bond motifs is 5. The molecule has 9 N–H and O–H groups in total. The topological polar surface area (TPSA) is 156 Å². The molecule has 3 saturated heterocycles. The van der Waals surface area contributed by atoms with Crippen LogP contribution in [-0.2, 0) is 9.59 Å². The van der Waals surface area contributed by atoms with E-state index in [4.69, 9.17) is 10.8 Å². The first-order chi connectivity index (χ1) is 15.5. The van der Waals surface area contributed by atoms with Gasteiger partial charge < -0.3 is 42.3 Å². The van der Waals surface area contributed by atoms with Crippen molar-refractivity contribution >= 4 is 11.9 Å². The van der Waals surface area contributed by atoms with E-state index in [2.05, 4.69) is 31.9 Å². The fourth-order valence-corrected chi connectivity index (χ4v) is 4.77. The van der Waals surface area contributed by atoms with Gasteiger partial charge in [0.15, 0.2) is 0 Å². The van der Waals surface area contributed by atoms with Crippen LogP contribution in [0.5, 0.6) is 0 Å². The van der Waals surface area contributed by atoms with Crippen molar-refractivity contribution in [1.82, 2.24) is 36.8 Å². The molecule has 3 fully saturated rings. The van der Waals surface area contributed by atoms with Gasteiger partial charge in [-0.2, -0.15) is 0 Å². The third-order valence-electron chi connectivity index (χ3n) is 6.58. The van der Waals surface area contributed by atoms with Gasteiger partial charge in [-0.15, -0.1) is 0 Å². The van der Waals surface area contributed by atoms with Gasteiger partial charge in [0, 0.05) is 58.7 Å². The average molecular weight is 455 g/mol. The Morgan fingerprint density at radius 3 is 1.91 bits per heavy atom. The third kappa shape index (κ3) is 7.08. The highest BCUT2D eigenvalue weighted by Gasteiger charge is 2.63. The number of amides is 1. The van der Waals surface area contributed by atoms with Crippen molar-refractivity contribution < 1.29 is 14.7 Å². The summed E-state index contributed by atoms with van der Waals surface area (Å²) in [6, 6.07) is 0. The van der Waals surface area contributed by atoms with Crippen molar-refractivity contribution in [2.45, 2.75) is 49.3 Å². The van der Waals surface area contributed by atoms with E-state index in [-0.39, 0.29) is 36.0 Å². The van der Waals surface area contributed by atoms with Gasteiger partial charge in [-0.25, -0.2) is 0 Å². The second-order valence-electron chi connectivity index (χ2n) is 9.42. The van der Waals surface area contributed by atoms with Gasteiger partial charge >= 0.3 is 5.97 Å². The summed E-state index contributed by atoms with van der Waals surface area (Å²) >= 11 is 0. The predicted octanol–water partition coefficient (Wildman–Crippen LogP) is -2.81. The highest BCUT2D eigenvalue weighted by Crippen LogP contribution is 2.39. The number of carboxylic acids is 1. The largest absolute Gasteiger partial charge is 0.481 e. The summed E-state index contributed by atoms with van der Waals surface area (Å²) in [6.45, 7) is 8.59. The van der Waals surface area contributed by atoms with E-state index in [1.807, 2.05) is 4.90 Å². The Morgan fingerprint density at radius 2 is 1.34 bits per heavy atom. The van der Waals surface area contributed by atoms with Gasteiger partial charge in [-0.05, 0) is 45.4 Å². The van der Waals surface area contributed by atoms with Crippen molar-refractivity contribution in [3.05, 3.63) is 0 Å². The van der Waals surface area contributed by atoms with Gasteiger partial charge in [0.1, 0.15) is 11.7 Å². The number of hydrogen-bond donors (Lipinski definition) is 8. The first kappa shape index (κ1) is 25.3. The van der Waals surface area contributed by atoms with E-state index < -0.39 is 5.97 Å². The lowest BCUT2D eigenvalue weighted by molar-refractivity contribution is -0.137. The Morgan fingerprint density at radius 1 is 0.812 bits per heavy atom. The van der Waals surface area contributed by atoms with Crippen LogP contribution in [0.3, 0.4) is 0 Å². The maximum absolute atomic E-state index is 13.0. The van der Waals surface area contributed by atoms with Gasteiger partial charge in [0.25, 0.3) is 0 Å². The number of nitrogens with zero attached hydrogens (tertiary/aromatic N) is 1. The molecule has 0 aromatic heterocycles. The lowest BCUT2D eigenvalue weighted by atomic mass is 10.0. The smallest absolute Gasteiger partial charge is 0.303 e. The maximum Gasteiger partial charge on any atom is 0.303 e. The molecule has 2 bridgehead atoms. The summed E-state index contributed by atoms with van der Waals surface area (Å²) in [5.74, 6) is -0.841. The van der Waals surface area contributed by atoms with Crippen LogP contribution in [0, 0.1) is 0 Å². The highest BCUT2D eigenvalue weighted by molar-refractivity contribution is 5.81. The molecule has 11 nitrogen and oxygen atoms in total. The third-order valence-corrected chi connectivity index (χ3v) is 6.58. The average Bonchev–Trinajstić information content (AvgIpc) is 3.37. The molecule has 0 aromatic rings. The molecule has 3 rings (SSSR count). The molecule has 0 spiro atoms. The van der Waals surface area contributed by atoms with E-state index in [0.717, 1.165) is 65.2 Å². The normalized spacial score (nSPS) is 33.3. The Kier molecular flexibility index (Phi) is 9.65. The van der Waals surface area contributed by atoms with Crippen LogP contribution in [0.15, 0.2) is 0 Å². The fraction of sp³-hybridized carbons (Fsp3) is 0.905. The first-order valence-electron chi connectivity index (χ1n) is 12.1. The zero-order valence-corrected chi connectivity index (χ0v) is 19.2. The minimum Gasteiger partial charge on any atom is -0.481 e. The molecule has 184 valence electrons. The zero-order chi connectivity index (χ0) is 22.9. The second kappa shape index (κ2) is 12.2.